The summed E-state index contributed by atoms with van der Waals surface area (Å²) in [5, 5.41) is 4.29. The van der Waals surface area contributed by atoms with Gasteiger partial charge in [0.25, 0.3) is 0 Å². The Labute approximate surface area is 149 Å². The normalized spacial score (nSPS) is 19.8. The number of aromatic nitrogens is 2. The molecule has 0 aliphatic carbocycles. The molecule has 2 aliphatic heterocycles. The molecule has 1 amide bonds. The molecule has 5 heteroatoms. The van der Waals surface area contributed by atoms with Gasteiger partial charge in [-0.05, 0) is 62.4 Å². The smallest absolute Gasteiger partial charge is 0.244 e. The number of fused-ring (bicyclic) bond motifs is 1. The fourth-order valence-electron chi connectivity index (χ4n) is 4.22. The van der Waals surface area contributed by atoms with Gasteiger partial charge in [-0.2, -0.15) is 5.10 Å². The maximum atomic E-state index is 13.0. The first-order valence-electron chi connectivity index (χ1n) is 9.25. The monoisotopic (exact) mass is 338 g/mol. The van der Waals surface area contributed by atoms with Crippen LogP contribution in [-0.4, -0.2) is 46.3 Å². The largest absolute Gasteiger partial charge is 0.310 e. The maximum absolute atomic E-state index is 13.0. The molecule has 0 unspecified atom stereocenters. The minimum atomic E-state index is -0.0546. The number of nitrogens with zero attached hydrogens (tertiary/aromatic N) is 4. The average molecular weight is 338 g/mol. The van der Waals surface area contributed by atoms with E-state index in [9.17, 15) is 4.79 Å². The van der Waals surface area contributed by atoms with Crippen molar-refractivity contribution in [2.45, 2.75) is 38.1 Å². The Kier molecular flexibility index (Phi) is 4.34. The van der Waals surface area contributed by atoms with Crippen LogP contribution in [0.5, 0.6) is 0 Å². The van der Waals surface area contributed by atoms with Crippen molar-refractivity contribution in [1.29, 1.82) is 0 Å². The van der Waals surface area contributed by atoms with Crippen LogP contribution in [0.1, 0.15) is 36.8 Å². The number of benzene rings is 1. The Balaban J connectivity index is 1.39. The molecule has 0 spiro atoms. The number of para-hydroxylation sites is 1. The summed E-state index contributed by atoms with van der Waals surface area (Å²) in [4.78, 5) is 17.4. The Morgan fingerprint density at radius 2 is 1.96 bits per heavy atom. The van der Waals surface area contributed by atoms with E-state index >= 15 is 0 Å². The number of hydrogen-bond acceptors (Lipinski definition) is 3. The summed E-state index contributed by atoms with van der Waals surface area (Å²) in [6.45, 7) is 4.83. The third kappa shape index (κ3) is 3.09. The Morgan fingerprint density at radius 3 is 2.68 bits per heavy atom. The number of amides is 1. The van der Waals surface area contributed by atoms with Crippen LogP contribution < -0.4 is 4.90 Å². The predicted octanol–water partition coefficient (Wildman–Crippen LogP) is 2.58. The molecule has 4 rings (SSSR count). The molecule has 0 N–H and O–H groups in total. The summed E-state index contributed by atoms with van der Waals surface area (Å²) in [5.41, 5.74) is 3.72. The minimum absolute atomic E-state index is 0.0546. The number of aryl methyl sites for hydroxylation is 1. The maximum Gasteiger partial charge on any atom is 0.244 e. The molecule has 1 atom stereocenters. The second kappa shape index (κ2) is 6.64. The number of carbonyl (C=O) groups is 1. The number of anilines is 1. The zero-order valence-corrected chi connectivity index (χ0v) is 15.1. The van der Waals surface area contributed by atoms with E-state index in [1.54, 1.807) is 0 Å². The van der Waals surface area contributed by atoms with Gasteiger partial charge in [-0.25, -0.2) is 0 Å². The summed E-state index contributed by atoms with van der Waals surface area (Å²) >= 11 is 0. The van der Waals surface area contributed by atoms with Crippen LogP contribution in [0.4, 0.5) is 5.69 Å². The number of rotatable bonds is 3. The van der Waals surface area contributed by atoms with Crippen LogP contribution in [-0.2, 0) is 18.3 Å². The van der Waals surface area contributed by atoms with Gasteiger partial charge >= 0.3 is 0 Å². The zero-order valence-electron chi connectivity index (χ0n) is 15.1. The van der Waals surface area contributed by atoms with Crippen LogP contribution >= 0.6 is 0 Å². The summed E-state index contributed by atoms with van der Waals surface area (Å²) < 4.78 is 1.87. The van der Waals surface area contributed by atoms with Crippen LogP contribution in [0.3, 0.4) is 0 Å². The van der Waals surface area contributed by atoms with Crippen molar-refractivity contribution in [3.63, 3.8) is 0 Å². The van der Waals surface area contributed by atoms with Crippen molar-refractivity contribution in [3.8, 4) is 0 Å². The summed E-state index contributed by atoms with van der Waals surface area (Å²) in [5.74, 6) is 0.810. The first kappa shape index (κ1) is 16.3. The van der Waals surface area contributed by atoms with E-state index in [-0.39, 0.29) is 11.9 Å². The van der Waals surface area contributed by atoms with Gasteiger partial charge in [-0.1, -0.05) is 18.2 Å². The van der Waals surface area contributed by atoms with Crippen molar-refractivity contribution < 1.29 is 4.79 Å². The molecule has 5 nitrogen and oxygen atoms in total. The van der Waals surface area contributed by atoms with Crippen molar-refractivity contribution in [1.82, 2.24) is 14.7 Å². The highest BCUT2D eigenvalue weighted by atomic mass is 16.2. The molecule has 2 aromatic rings. The molecule has 132 valence electrons. The molecule has 0 radical (unpaired) electrons. The van der Waals surface area contributed by atoms with Gasteiger partial charge < -0.3 is 4.90 Å². The lowest BCUT2D eigenvalue weighted by atomic mass is 9.91. The van der Waals surface area contributed by atoms with E-state index in [4.69, 9.17) is 0 Å². The minimum Gasteiger partial charge on any atom is -0.310 e. The van der Waals surface area contributed by atoms with E-state index in [0.717, 1.165) is 44.6 Å². The van der Waals surface area contributed by atoms with Crippen molar-refractivity contribution >= 4 is 11.6 Å². The fraction of sp³-hybridized carbons (Fsp3) is 0.500. The first-order valence-corrected chi connectivity index (χ1v) is 9.25. The lowest BCUT2D eigenvalue weighted by Gasteiger charge is -2.36. The third-order valence-electron chi connectivity index (χ3n) is 5.78. The van der Waals surface area contributed by atoms with Crippen LogP contribution in [0, 0.1) is 0 Å². The molecule has 2 aliphatic rings. The molecule has 0 saturated carbocycles. The van der Waals surface area contributed by atoms with Gasteiger partial charge in [0.2, 0.25) is 5.91 Å². The van der Waals surface area contributed by atoms with Gasteiger partial charge in [-0.15, -0.1) is 0 Å². The van der Waals surface area contributed by atoms with Gasteiger partial charge in [0.05, 0.1) is 12.2 Å². The van der Waals surface area contributed by atoms with E-state index in [2.05, 4.69) is 41.3 Å². The topological polar surface area (TPSA) is 41.4 Å². The number of piperidine rings is 1. The molecule has 0 bridgehead atoms. The Hall–Kier alpha value is -2.14. The number of hydrogen-bond donors (Lipinski definition) is 0. The molecular formula is C20H26N4O. The predicted molar refractivity (Wildman–Crippen MR) is 98.7 cm³/mol. The number of likely N-dealkylation sites (tertiary alicyclic amines) is 1. The van der Waals surface area contributed by atoms with Gasteiger partial charge in [0, 0.05) is 25.5 Å². The van der Waals surface area contributed by atoms with Crippen LogP contribution in [0.25, 0.3) is 0 Å². The SMILES string of the molecule is C[C@H](C(=O)N1CCc2ccccc21)N1CCC(c2cnn(C)c2)CC1. The van der Waals surface area contributed by atoms with E-state index in [0.29, 0.717) is 5.92 Å². The molecule has 1 fully saturated rings. The average Bonchev–Trinajstić information content (AvgIpc) is 3.27. The first-order chi connectivity index (χ1) is 12.1. The standard InChI is InChI=1S/C20H26N4O/c1-15(20(25)24-12-9-17-5-3-4-6-19(17)24)23-10-7-16(8-11-23)18-13-21-22(2)14-18/h3-6,13-16H,7-12H2,1-2H3/t15-/m1/s1. The molecule has 3 heterocycles. The van der Waals surface area contributed by atoms with Crippen LogP contribution in [0.15, 0.2) is 36.7 Å². The van der Waals surface area contributed by atoms with Crippen molar-refractivity contribution in [2.24, 2.45) is 7.05 Å². The van der Waals surface area contributed by atoms with Crippen molar-refractivity contribution in [3.05, 3.63) is 47.8 Å². The molecule has 1 aromatic heterocycles. The third-order valence-corrected chi connectivity index (χ3v) is 5.78. The van der Waals surface area contributed by atoms with E-state index in [1.807, 2.05) is 28.9 Å². The second-order valence-electron chi connectivity index (χ2n) is 7.30. The highest BCUT2D eigenvalue weighted by Crippen LogP contribution is 2.31. The highest BCUT2D eigenvalue weighted by Gasteiger charge is 2.33. The van der Waals surface area contributed by atoms with E-state index < -0.39 is 0 Å². The second-order valence-corrected chi connectivity index (χ2v) is 7.30. The van der Waals surface area contributed by atoms with Gasteiger partial charge in [0.1, 0.15) is 0 Å². The Morgan fingerprint density at radius 1 is 1.20 bits per heavy atom. The summed E-state index contributed by atoms with van der Waals surface area (Å²) in [6.07, 6.45) is 7.27. The van der Waals surface area contributed by atoms with Gasteiger partial charge in [0.15, 0.2) is 0 Å². The zero-order chi connectivity index (χ0) is 17.4. The highest BCUT2D eigenvalue weighted by molar-refractivity contribution is 5.98. The molecular weight excluding hydrogens is 312 g/mol. The lowest BCUT2D eigenvalue weighted by molar-refractivity contribution is -0.123. The molecule has 25 heavy (non-hydrogen) atoms. The summed E-state index contributed by atoms with van der Waals surface area (Å²) in [6, 6.07) is 8.23. The summed E-state index contributed by atoms with van der Waals surface area (Å²) in [7, 11) is 1.97. The number of carbonyl (C=O) groups excluding carboxylic acids is 1. The molecule has 1 aromatic carbocycles. The quantitative estimate of drug-likeness (QED) is 0.864. The lowest BCUT2D eigenvalue weighted by Crippen LogP contribution is -2.49. The van der Waals surface area contributed by atoms with Crippen molar-refractivity contribution in [2.75, 3.05) is 24.5 Å². The van der Waals surface area contributed by atoms with Gasteiger partial charge in [-0.3, -0.25) is 14.4 Å². The Bertz CT molecular complexity index is 761. The van der Waals surface area contributed by atoms with E-state index in [1.165, 1.54) is 11.1 Å². The van der Waals surface area contributed by atoms with Crippen LogP contribution in [0.2, 0.25) is 0 Å². The molecule has 1 saturated heterocycles. The fourth-order valence-corrected chi connectivity index (χ4v) is 4.22.